The summed E-state index contributed by atoms with van der Waals surface area (Å²) in [6.45, 7) is 1.75. The van der Waals surface area contributed by atoms with E-state index in [-0.39, 0.29) is 23.8 Å². The van der Waals surface area contributed by atoms with Crippen molar-refractivity contribution in [2.75, 3.05) is 7.11 Å². The molecule has 1 N–H and O–H groups in total. The summed E-state index contributed by atoms with van der Waals surface area (Å²) in [5.74, 6) is -0.818. The van der Waals surface area contributed by atoms with Crippen molar-refractivity contribution in [2.24, 2.45) is 7.05 Å². The zero-order chi connectivity index (χ0) is 18.0. The normalized spacial score (nSPS) is 10.7. The number of carbonyl (C=O) groups excluding carboxylic acids is 1. The van der Waals surface area contributed by atoms with Gasteiger partial charge in [0.2, 0.25) is 0 Å². The van der Waals surface area contributed by atoms with Crippen LogP contribution >= 0.6 is 0 Å². The summed E-state index contributed by atoms with van der Waals surface area (Å²) in [6, 6.07) is 3.18. The number of amides is 1. The van der Waals surface area contributed by atoms with Gasteiger partial charge in [0.25, 0.3) is 5.91 Å². The highest BCUT2D eigenvalue weighted by atomic mass is 19.1. The van der Waals surface area contributed by atoms with Crippen molar-refractivity contribution in [3.05, 3.63) is 53.4 Å². The van der Waals surface area contributed by atoms with Crippen LogP contribution in [0.4, 0.5) is 4.39 Å². The highest BCUT2D eigenvalue weighted by Crippen LogP contribution is 2.26. The molecule has 0 aliphatic heterocycles. The predicted octanol–water partition coefficient (Wildman–Crippen LogP) is 1.39. The van der Waals surface area contributed by atoms with Crippen LogP contribution in [0.3, 0.4) is 0 Å². The van der Waals surface area contributed by atoms with E-state index in [0.29, 0.717) is 16.9 Å². The van der Waals surface area contributed by atoms with Gasteiger partial charge in [-0.05, 0) is 19.1 Å². The Morgan fingerprint density at radius 2 is 2.16 bits per heavy atom. The number of ether oxygens (including phenoxy) is 1. The van der Waals surface area contributed by atoms with E-state index >= 15 is 0 Å². The van der Waals surface area contributed by atoms with Crippen molar-refractivity contribution in [3.63, 3.8) is 0 Å². The van der Waals surface area contributed by atoms with Gasteiger partial charge in [0, 0.05) is 25.4 Å². The van der Waals surface area contributed by atoms with Crippen LogP contribution in [-0.4, -0.2) is 37.8 Å². The van der Waals surface area contributed by atoms with E-state index in [1.54, 1.807) is 32.4 Å². The monoisotopic (exact) mass is 344 g/mol. The molecule has 1 aromatic carbocycles. The van der Waals surface area contributed by atoms with Crippen molar-refractivity contribution in [2.45, 2.75) is 13.5 Å². The molecule has 0 fully saturated rings. The molecule has 3 aromatic rings. The molecule has 0 saturated carbocycles. The van der Waals surface area contributed by atoms with Crippen LogP contribution in [-0.2, 0) is 13.6 Å². The molecule has 0 unspecified atom stereocenters. The quantitative estimate of drug-likeness (QED) is 0.756. The Morgan fingerprint density at radius 1 is 1.36 bits per heavy atom. The molecule has 130 valence electrons. The lowest BCUT2D eigenvalue weighted by Crippen LogP contribution is -2.24. The molecule has 0 aliphatic carbocycles. The SMILES string of the molecule is COc1ccc(-n2cc(C)nn2)c(CNC(=O)c2cnn(C)c2)c1F. The summed E-state index contributed by atoms with van der Waals surface area (Å²) >= 11 is 0. The Bertz CT molecular complexity index is 917. The van der Waals surface area contributed by atoms with E-state index in [4.69, 9.17) is 4.74 Å². The second-order valence-electron chi connectivity index (χ2n) is 5.47. The van der Waals surface area contributed by atoms with Crippen molar-refractivity contribution >= 4 is 5.91 Å². The lowest BCUT2D eigenvalue weighted by molar-refractivity contribution is 0.0950. The molecule has 0 radical (unpaired) electrons. The van der Waals surface area contributed by atoms with E-state index in [0.717, 1.165) is 0 Å². The molecule has 2 heterocycles. The average Bonchev–Trinajstić information content (AvgIpc) is 3.21. The Balaban J connectivity index is 1.91. The predicted molar refractivity (Wildman–Crippen MR) is 87.0 cm³/mol. The van der Waals surface area contributed by atoms with Gasteiger partial charge < -0.3 is 10.1 Å². The highest BCUT2D eigenvalue weighted by molar-refractivity contribution is 5.93. The van der Waals surface area contributed by atoms with Crippen molar-refractivity contribution < 1.29 is 13.9 Å². The number of aromatic nitrogens is 5. The van der Waals surface area contributed by atoms with Crippen LogP contribution in [0.1, 0.15) is 21.6 Å². The molecule has 2 aromatic heterocycles. The Morgan fingerprint density at radius 3 is 2.76 bits per heavy atom. The molecular weight excluding hydrogens is 327 g/mol. The van der Waals surface area contributed by atoms with Gasteiger partial charge in [0.1, 0.15) is 0 Å². The lowest BCUT2D eigenvalue weighted by Gasteiger charge is -2.13. The standard InChI is InChI=1S/C16H17FN6O2/c1-10-8-23(21-20-10)13-4-5-14(25-3)15(17)12(13)7-18-16(24)11-6-19-22(2)9-11/h4-6,8-9H,7H2,1-3H3,(H,18,24). The van der Waals surface area contributed by atoms with Gasteiger partial charge in [-0.25, -0.2) is 9.07 Å². The first kappa shape index (κ1) is 16.6. The second kappa shape index (κ2) is 6.71. The molecule has 8 nitrogen and oxygen atoms in total. The molecule has 0 atom stereocenters. The number of nitrogens with zero attached hydrogens (tertiary/aromatic N) is 5. The Kier molecular flexibility index (Phi) is 4.46. The first-order chi connectivity index (χ1) is 12.0. The number of benzene rings is 1. The maximum atomic E-state index is 14.7. The minimum absolute atomic E-state index is 0.0367. The maximum absolute atomic E-state index is 14.7. The van der Waals surface area contributed by atoms with Crippen LogP contribution in [0.15, 0.2) is 30.7 Å². The molecular formula is C16H17FN6O2. The van der Waals surface area contributed by atoms with Gasteiger partial charge in [-0.3, -0.25) is 9.48 Å². The number of hydrogen-bond acceptors (Lipinski definition) is 5. The number of methoxy groups -OCH3 is 1. The van der Waals surface area contributed by atoms with Crippen molar-refractivity contribution in [1.29, 1.82) is 0 Å². The lowest BCUT2D eigenvalue weighted by atomic mass is 10.1. The third kappa shape index (κ3) is 3.35. The van der Waals surface area contributed by atoms with Gasteiger partial charge >= 0.3 is 0 Å². The van der Waals surface area contributed by atoms with E-state index in [9.17, 15) is 9.18 Å². The number of aryl methyl sites for hydroxylation is 2. The molecule has 0 spiro atoms. The first-order valence-electron chi connectivity index (χ1n) is 7.51. The summed E-state index contributed by atoms with van der Waals surface area (Å²) in [6.07, 6.45) is 4.70. The van der Waals surface area contributed by atoms with E-state index in [2.05, 4.69) is 20.7 Å². The van der Waals surface area contributed by atoms with Crippen LogP contribution in [0, 0.1) is 12.7 Å². The van der Waals surface area contributed by atoms with Crippen LogP contribution in [0.5, 0.6) is 5.75 Å². The number of nitrogens with one attached hydrogen (secondary N) is 1. The fourth-order valence-electron chi connectivity index (χ4n) is 2.40. The molecule has 3 rings (SSSR count). The topological polar surface area (TPSA) is 86.9 Å². The third-order valence-electron chi connectivity index (χ3n) is 3.65. The summed E-state index contributed by atoms with van der Waals surface area (Å²) in [7, 11) is 3.10. The molecule has 25 heavy (non-hydrogen) atoms. The molecule has 0 aliphatic rings. The molecule has 1 amide bonds. The zero-order valence-electron chi connectivity index (χ0n) is 14.0. The van der Waals surface area contributed by atoms with Crippen molar-refractivity contribution in [1.82, 2.24) is 30.1 Å². The number of carbonyl (C=O) groups is 1. The Hall–Kier alpha value is -3.23. The first-order valence-corrected chi connectivity index (χ1v) is 7.51. The van der Waals surface area contributed by atoms with Crippen molar-refractivity contribution in [3.8, 4) is 11.4 Å². The largest absolute Gasteiger partial charge is 0.494 e. The van der Waals surface area contributed by atoms with Gasteiger partial charge in [-0.1, -0.05) is 5.21 Å². The van der Waals surface area contributed by atoms with Gasteiger partial charge in [0.05, 0.1) is 36.4 Å². The zero-order valence-corrected chi connectivity index (χ0v) is 14.0. The number of hydrogen-bond donors (Lipinski definition) is 1. The van der Waals surface area contributed by atoms with Gasteiger partial charge in [0.15, 0.2) is 11.6 Å². The summed E-state index contributed by atoms with van der Waals surface area (Å²) in [5, 5.41) is 14.5. The van der Waals surface area contributed by atoms with Crippen LogP contribution in [0.2, 0.25) is 0 Å². The van der Waals surface area contributed by atoms with Gasteiger partial charge in [-0.15, -0.1) is 5.10 Å². The highest BCUT2D eigenvalue weighted by Gasteiger charge is 2.18. The maximum Gasteiger partial charge on any atom is 0.254 e. The van der Waals surface area contributed by atoms with E-state index in [1.807, 2.05) is 0 Å². The number of rotatable bonds is 5. The molecule has 0 saturated heterocycles. The third-order valence-corrected chi connectivity index (χ3v) is 3.65. The number of halogens is 1. The van der Waals surface area contributed by atoms with Gasteiger partial charge in [-0.2, -0.15) is 5.10 Å². The van der Waals surface area contributed by atoms with E-state index in [1.165, 1.54) is 28.7 Å². The smallest absolute Gasteiger partial charge is 0.254 e. The molecule has 0 bridgehead atoms. The Labute approximate surface area is 143 Å². The summed E-state index contributed by atoms with van der Waals surface area (Å²) in [5.41, 5.74) is 1.82. The van der Waals surface area contributed by atoms with Crippen LogP contribution < -0.4 is 10.1 Å². The van der Waals surface area contributed by atoms with Crippen LogP contribution in [0.25, 0.3) is 5.69 Å². The fourth-order valence-corrected chi connectivity index (χ4v) is 2.40. The summed E-state index contributed by atoms with van der Waals surface area (Å²) < 4.78 is 22.7. The fraction of sp³-hybridized carbons (Fsp3) is 0.250. The summed E-state index contributed by atoms with van der Waals surface area (Å²) in [4.78, 5) is 12.2. The minimum Gasteiger partial charge on any atom is -0.494 e. The minimum atomic E-state index is -0.556. The van der Waals surface area contributed by atoms with E-state index < -0.39 is 5.82 Å². The average molecular weight is 344 g/mol. The molecule has 9 heteroatoms. The second-order valence-corrected chi connectivity index (χ2v) is 5.47.